The molecule has 2 aliphatic heterocycles. The first-order valence-electron chi connectivity index (χ1n) is 11.4. The molecule has 10 heteroatoms. The third-order valence-corrected chi connectivity index (χ3v) is 6.61. The number of aromatic nitrogens is 4. The number of hydrogen-bond acceptors (Lipinski definition) is 7. The summed E-state index contributed by atoms with van der Waals surface area (Å²) in [4.78, 5) is 29.7. The summed E-state index contributed by atoms with van der Waals surface area (Å²) < 4.78 is 25.8. The van der Waals surface area contributed by atoms with Crippen LogP contribution in [0, 0.1) is 11.2 Å². The molecule has 4 heterocycles. The Morgan fingerprint density at radius 1 is 1.18 bits per heavy atom. The number of imidazole rings is 1. The topological polar surface area (TPSA) is 119 Å². The number of carbonyl (C=O) groups is 1. The first kappa shape index (κ1) is 22.4. The molecule has 2 fully saturated rings. The van der Waals surface area contributed by atoms with Crippen LogP contribution in [0.1, 0.15) is 38.3 Å². The smallest absolute Gasteiger partial charge is 0.220 e. The van der Waals surface area contributed by atoms with E-state index in [4.69, 9.17) is 20.2 Å². The van der Waals surface area contributed by atoms with E-state index in [1.165, 1.54) is 12.1 Å². The maximum Gasteiger partial charge on any atom is 0.220 e. The fraction of sp³-hybridized carbons (Fsp3) is 0.417. The zero-order chi connectivity index (χ0) is 23.7. The highest BCUT2D eigenvalue weighted by molar-refractivity contribution is 5.76. The number of halogens is 1. The highest BCUT2D eigenvalue weighted by Gasteiger charge is 2.44. The van der Waals surface area contributed by atoms with Gasteiger partial charge in [-0.25, -0.2) is 19.3 Å². The molecule has 2 aromatic heterocycles. The lowest BCUT2D eigenvalue weighted by atomic mass is 9.78. The number of benzene rings is 1. The van der Waals surface area contributed by atoms with Crippen molar-refractivity contribution in [2.45, 2.75) is 38.5 Å². The van der Waals surface area contributed by atoms with Crippen LogP contribution in [0.3, 0.4) is 0 Å². The number of amides is 1. The van der Waals surface area contributed by atoms with Crippen LogP contribution in [-0.4, -0.2) is 57.0 Å². The molecular weight excluding hydrogens is 439 g/mol. The van der Waals surface area contributed by atoms with Gasteiger partial charge >= 0.3 is 0 Å². The molecular formula is C24H27FN6O3. The number of carbonyl (C=O) groups excluding carboxylic acids is 1. The van der Waals surface area contributed by atoms with Gasteiger partial charge in [-0.05, 0) is 49.6 Å². The van der Waals surface area contributed by atoms with Crippen LogP contribution in [0.5, 0.6) is 0 Å². The van der Waals surface area contributed by atoms with Crippen LogP contribution in [0.15, 0.2) is 36.5 Å². The Morgan fingerprint density at radius 3 is 2.65 bits per heavy atom. The van der Waals surface area contributed by atoms with Gasteiger partial charge in [0.1, 0.15) is 5.82 Å². The number of nitrogens with one attached hydrogen (secondary N) is 1. The molecule has 2 aliphatic rings. The third kappa shape index (κ3) is 4.26. The lowest BCUT2D eigenvalue weighted by Gasteiger charge is -2.47. The van der Waals surface area contributed by atoms with Crippen molar-refractivity contribution >= 4 is 12.4 Å². The van der Waals surface area contributed by atoms with Gasteiger partial charge in [0.2, 0.25) is 18.6 Å². The summed E-state index contributed by atoms with van der Waals surface area (Å²) in [6.45, 7) is 3.71. The van der Waals surface area contributed by atoms with Gasteiger partial charge in [0.15, 0.2) is 5.82 Å². The molecule has 1 unspecified atom stereocenters. The SMILES string of the molecule is CC1(C2CCCCN2C=O)COC(c2nc(-c3ccc(F)cc3)c(-c3ccnc(N)n3)[nH]2)OC1. The van der Waals surface area contributed by atoms with Crippen molar-refractivity contribution in [3.63, 3.8) is 0 Å². The minimum atomic E-state index is -0.714. The fourth-order valence-corrected chi connectivity index (χ4v) is 4.82. The number of rotatable bonds is 5. The number of H-pyrrole nitrogens is 1. The van der Waals surface area contributed by atoms with Crippen molar-refractivity contribution < 1.29 is 18.7 Å². The average molecular weight is 467 g/mol. The first-order valence-corrected chi connectivity index (χ1v) is 11.4. The molecule has 34 heavy (non-hydrogen) atoms. The van der Waals surface area contributed by atoms with Gasteiger partial charge in [0.05, 0.1) is 30.3 Å². The molecule has 1 atom stereocenters. The minimum Gasteiger partial charge on any atom is -0.368 e. The second-order valence-corrected chi connectivity index (χ2v) is 9.12. The number of piperidine rings is 1. The van der Waals surface area contributed by atoms with E-state index in [1.807, 2.05) is 4.90 Å². The Labute approximate surface area is 196 Å². The molecule has 2 saturated heterocycles. The van der Waals surface area contributed by atoms with Gasteiger partial charge in [-0.15, -0.1) is 0 Å². The van der Waals surface area contributed by atoms with Gasteiger partial charge in [-0.2, -0.15) is 0 Å². The van der Waals surface area contributed by atoms with Crippen LogP contribution in [0.4, 0.5) is 10.3 Å². The fourth-order valence-electron chi connectivity index (χ4n) is 4.82. The molecule has 1 aromatic carbocycles. The Morgan fingerprint density at radius 2 is 1.94 bits per heavy atom. The molecule has 9 nitrogen and oxygen atoms in total. The Balaban J connectivity index is 1.43. The van der Waals surface area contributed by atoms with E-state index in [-0.39, 0.29) is 23.2 Å². The molecule has 1 amide bonds. The van der Waals surface area contributed by atoms with Crippen molar-refractivity contribution in [3.8, 4) is 22.6 Å². The van der Waals surface area contributed by atoms with Crippen molar-refractivity contribution in [2.75, 3.05) is 25.5 Å². The number of likely N-dealkylation sites (tertiary alicyclic amines) is 1. The normalized spacial score (nSPS) is 25.3. The number of nitrogens with zero attached hydrogens (tertiary/aromatic N) is 4. The molecule has 5 rings (SSSR count). The van der Waals surface area contributed by atoms with Crippen molar-refractivity contribution in [3.05, 3.63) is 48.2 Å². The van der Waals surface area contributed by atoms with Crippen LogP contribution >= 0.6 is 0 Å². The number of anilines is 1. The van der Waals surface area contributed by atoms with Crippen molar-refractivity contribution in [1.29, 1.82) is 0 Å². The Bertz CT molecular complexity index is 1160. The van der Waals surface area contributed by atoms with Crippen molar-refractivity contribution in [1.82, 2.24) is 24.8 Å². The zero-order valence-electron chi connectivity index (χ0n) is 18.9. The molecule has 0 saturated carbocycles. The maximum absolute atomic E-state index is 13.5. The summed E-state index contributed by atoms with van der Waals surface area (Å²) in [6.07, 6.45) is 4.81. The van der Waals surface area contributed by atoms with Crippen LogP contribution in [0.2, 0.25) is 0 Å². The summed E-state index contributed by atoms with van der Waals surface area (Å²) in [7, 11) is 0. The predicted molar refractivity (Wildman–Crippen MR) is 123 cm³/mol. The summed E-state index contributed by atoms with van der Waals surface area (Å²) in [5.41, 5.74) is 7.93. The standard InChI is InChI=1S/C24H27FN6O3/c1-24(18-4-2-3-11-31(18)14-32)12-33-22(34-13-24)21-29-19(15-5-7-16(25)8-6-15)20(30-21)17-9-10-27-23(26)28-17/h5-10,14,18,22H,2-4,11-13H2,1H3,(H,29,30)(H2,26,27,28). The number of nitrogens with two attached hydrogens (primary N) is 1. The second-order valence-electron chi connectivity index (χ2n) is 9.12. The molecule has 0 radical (unpaired) electrons. The molecule has 3 N–H and O–H groups in total. The third-order valence-electron chi connectivity index (χ3n) is 6.61. The largest absolute Gasteiger partial charge is 0.368 e. The molecule has 3 aromatic rings. The van der Waals surface area contributed by atoms with Gasteiger partial charge in [-0.3, -0.25) is 4.79 Å². The molecule has 0 spiro atoms. The minimum absolute atomic E-state index is 0.0747. The first-order chi connectivity index (χ1) is 16.5. The number of nitrogen functional groups attached to an aromatic ring is 1. The second kappa shape index (κ2) is 9.11. The van der Waals surface area contributed by atoms with E-state index in [9.17, 15) is 9.18 Å². The average Bonchev–Trinajstić information content (AvgIpc) is 3.30. The lowest BCUT2D eigenvalue weighted by Crippen LogP contribution is -2.54. The van der Waals surface area contributed by atoms with Crippen LogP contribution in [0.25, 0.3) is 22.6 Å². The van der Waals surface area contributed by atoms with E-state index < -0.39 is 6.29 Å². The lowest BCUT2D eigenvalue weighted by molar-refractivity contribution is -0.246. The molecule has 0 bridgehead atoms. The molecule has 0 aliphatic carbocycles. The monoisotopic (exact) mass is 466 g/mol. The van der Waals surface area contributed by atoms with E-state index in [0.29, 0.717) is 41.7 Å². The highest BCUT2D eigenvalue weighted by atomic mass is 19.1. The number of aromatic amines is 1. The van der Waals surface area contributed by atoms with E-state index in [2.05, 4.69) is 21.9 Å². The maximum atomic E-state index is 13.5. The predicted octanol–water partition coefficient (Wildman–Crippen LogP) is 3.32. The van der Waals surface area contributed by atoms with E-state index >= 15 is 0 Å². The number of ether oxygens (including phenoxy) is 2. The van der Waals surface area contributed by atoms with Gasteiger partial charge in [-0.1, -0.05) is 6.92 Å². The summed E-state index contributed by atoms with van der Waals surface area (Å²) in [5, 5.41) is 0. The Hall–Kier alpha value is -3.37. The van der Waals surface area contributed by atoms with Crippen LogP contribution in [-0.2, 0) is 14.3 Å². The highest BCUT2D eigenvalue weighted by Crippen LogP contribution is 2.40. The van der Waals surface area contributed by atoms with Crippen LogP contribution < -0.4 is 5.73 Å². The summed E-state index contributed by atoms with van der Waals surface area (Å²) in [5.74, 6) is 0.272. The number of hydrogen-bond donors (Lipinski definition) is 2. The Kier molecular flexibility index (Phi) is 6.01. The van der Waals surface area contributed by atoms with Gasteiger partial charge in [0.25, 0.3) is 0 Å². The summed E-state index contributed by atoms with van der Waals surface area (Å²) >= 11 is 0. The van der Waals surface area contributed by atoms with E-state index in [0.717, 1.165) is 32.2 Å². The van der Waals surface area contributed by atoms with Gasteiger partial charge in [0, 0.05) is 29.8 Å². The summed E-state index contributed by atoms with van der Waals surface area (Å²) in [6, 6.07) is 7.86. The van der Waals surface area contributed by atoms with Gasteiger partial charge < -0.3 is 25.1 Å². The van der Waals surface area contributed by atoms with E-state index in [1.54, 1.807) is 24.4 Å². The van der Waals surface area contributed by atoms with Crippen molar-refractivity contribution in [2.24, 2.45) is 5.41 Å². The zero-order valence-corrected chi connectivity index (χ0v) is 18.9. The molecule has 178 valence electrons. The quantitative estimate of drug-likeness (QED) is 0.554.